The highest BCUT2D eigenvalue weighted by molar-refractivity contribution is 5.33. The van der Waals surface area contributed by atoms with Gasteiger partial charge in [-0.1, -0.05) is 18.2 Å². The Hall–Kier alpha value is -1.74. The van der Waals surface area contributed by atoms with Gasteiger partial charge in [-0.05, 0) is 37.6 Å². The van der Waals surface area contributed by atoms with Crippen LogP contribution < -0.4 is 10.5 Å². The Balaban J connectivity index is 2.15. The van der Waals surface area contributed by atoms with Crippen LogP contribution in [-0.4, -0.2) is 18.2 Å². The second-order valence-corrected chi connectivity index (χ2v) is 4.33. The van der Waals surface area contributed by atoms with Crippen LogP contribution in [0.1, 0.15) is 17.7 Å². The summed E-state index contributed by atoms with van der Waals surface area (Å²) < 4.78 is 7.64. The molecule has 0 fully saturated rings. The summed E-state index contributed by atoms with van der Waals surface area (Å²) in [6, 6.07) is 12.4. The first-order chi connectivity index (χ1) is 8.85. The first-order valence-corrected chi connectivity index (χ1v) is 6.31. The summed E-state index contributed by atoms with van der Waals surface area (Å²) in [6.07, 6.45) is 4.16. The van der Waals surface area contributed by atoms with Crippen molar-refractivity contribution in [2.75, 3.05) is 13.7 Å². The van der Waals surface area contributed by atoms with E-state index >= 15 is 0 Å². The van der Waals surface area contributed by atoms with Crippen LogP contribution in [0.2, 0.25) is 0 Å². The van der Waals surface area contributed by atoms with Gasteiger partial charge in [-0.3, -0.25) is 0 Å². The first-order valence-electron chi connectivity index (χ1n) is 6.31. The molecule has 96 valence electrons. The number of ether oxygens (including phenoxy) is 1. The van der Waals surface area contributed by atoms with E-state index in [1.165, 1.54) is 11.3 Å². The third-order valence-electron chi connectivity index (χ3n) is 3.09. The van der Waals surface area contributed by atoms with Crippen molar-refractivity contribution in [3.05, 3.63) is 53.9 Å². The van der Waals surface area contributed by atoms with Gasteiger partial charge in [0.15, 0.2) is 0 Å². The lowest BCUT2D eigenvalue weighted by Gasteiger charge is -2.12. The number of methoxy groups -OCH3 is 1. The molecule has 0 atom stereocenters. The Morgan fingerprint density at radius 1 is 1.17 bits per heavy atom. The van der Waals surface area contributed by atoms with Crippen molar-refractivity contribution in [2.24, 2.45) is 5.73 Å². The van der Waals surface area contributed by atoms with Crippen molar-refractivity contribution in [3.63, 3.8) is 0 Å². The molecular weight excluding hydrogens is 224 g/mol. The standard InChI is InChI=1S/C15H20N2O/c1-18-15-9-3-2-6-13(15)12-17-11-5-8-14(17)7-4-10-16/h2-3,5-6,8-9,11H,4,7,10,12,16H2,1H3. The molecule has 0 aliphatic rings. The van der Waals surface area contributed by atoms with Gasteiger partial charge in [0.2, 0.25) is 0 Å². The van der Waals surface area contributed by atoms with Gasteiger partial charge in [0.25, 0.3) is 0 Å². The molecule has 2 aromatic rings. The molecule has 0 unspecified atom stereocenters. The summed E-state index contributed by atoms with van der Waals surface area (Å²) in [7, 11) is 1.71. The molecule has 2 rings (SSSR count). The van der Waals surface area contributed by atoms with Crippen molar-refractivity contribution in [3.8, 4) is 5.75 Å². The number of aromatic nitrogens is 1. The van der Waals surface area contributed by atoms with E-state index in [0.717, 1.165) is 31.7 Å². The average molecular weight is 244 g/mol. The molecule has 1 heterocycles. The monoisotopic (exact) mass is 244 g/mol. The smallest absolute Gasteiger partial charge is 0.123 e. The van der Waals surface area contributed by atoms with E-state index in [2.05, 4.69) is 29.0 Å². The summed E-state index contributed by atoms with van der Waals surface area (Å²) in [6.45, 7) is 1.58. The van der Waals surface area contributed by atoms with Crippen molar-refractivity contribution < 1.29 is 4.74 Å². The quantitative estimate of drug-likeness (QED) is 0.847. The van der Waals surface area contributed by atoms with Crippen LogP contribution in [0, 0.1) is 0 Å². The summed E-state index contributed by atoms with van der Waals surface area (Å²) in [5.41, 5.74) is 8.09. The van der Waals surface area contributed by atoms with Gasteiger partial charge in [-0.15, -0.1) is 0 Å². The van der Waals surface area contributed by atoms with Gasteiger partial charge in [-0.25, -0.2) is 0 Å². The zero-order chi connectivity index (χ0) is 12.8. The topological polar surface area (TPSA) is 40.2 Å². The summed E-state index contributed by atoms with van der Waals surface area (Å²) in [5, 5.41) is 0. The molecule has 0 saturated carbocycles. The Morgan fingerprint density at radius 3 is 2.78 bits per heavy atom. The van der Waals surface area contributed by atoms with E-state index in [-0.39, 0.29) is 0 Å². The predicted octanol–water partition coefficient (Wildman–Crippen LogP) is 2.44. The lowest BCUT2D eigenvalue weighted by molar-refractivity contribution is 0.408. The molecule has 0 radical (unpaired) electrons. The van der Waals surface area contributed by atoms with Crippen LogP contribution in [0.3, 0.4) is 0 Å². The molecule has 0 aliphatic heterocycles. The molecule has 0 amide bonds. The third kappa shape index (κ3) is 2.93. The SMILES string of the molecule is COc1ccccc1Cn1cccc1CCCN. The molecule has 18 heavy (non-hydrogen) atoms. The normalized spacial score (nSPS) is 10.6. The second kappa shape index (κ2) is 6.26. The van der Waals surface area contributed by atoms with Gasteiger partial charge >= 0.3 is 0 Å². The molecule has 3 nitrogen and oxygen atoms in total. The van der Waals surface area contributed by atoms with Crippen LogP contribution in [0.15, 0.2) is 42.6 Å². The first kappa shape index (κ1) is 12.7. The minimum Gasteiger partial charge on any atom is -0.496 e. The predicted molar refractivity (Wildman–Crippen MR) is 73.9 cm³/mol. The Labute approximate surface area is 108 Å². The van der Waals surface area contributed by atoms with E-state index in [9.17, 15) is 0 Å². The highest BCUT2D eigenvalue weighted by Gasteiger charge is 2.05. The number of nitrogens with zero attached hydrogens (tertiary/aromatic N) is 1. The Bertz CT molecular complexity index is 491. The fourth-order valence-corrected chi connectivity index (χ4v) is 2.13. The zero-order valence-electron chi connectivity index (χ0n) is 10.8. The molecular formula is C15H20N2O. The lowest BCUT2D eigenvalue weighted by Crippen LogP contribution is -2.07. The molecule has 0 aliphatic carbocycles. The van der Waals surface area contributed by atoms with Gasteiger partial charge in [0.1, 0.15) is 5.75 Å². The number of hydrogen-bond donors (Lipinski definition) is 1. The molecule has 1 aromatic heterocycles. The molecule has 0 bridgehead atoms. The Morgan fingerprint density at radius 2 is 2.00 bits per heavy atom. The summed E-state index contributed by atoms with van der Waals surface area (Å²) >= 11 is 0. The van der Waals surface area contributed by atoms with Crippen LogP contribution in [0.25, 0.3) is 0 Å². The van der Waals surface area contributed by atoms with E-state index in [0.29, 0.717) is 0 Å². The second-order valence-electron chi connectivity index (χ2n) is 4.33. The molecule has 0 spiro atoms. The number of aryl methyl sites for hydroxylation is 1. The number of para-hydroxylation sites is 1. The highest BCUT2D eigenvalue weighted by atomic mass is 16.5. The summed E-state index contributed by atoms with van der Waals surface area (Å²) in [4.78, 5) is 0. The van der Waals surface area contributed by atoms with Crippen molar-refractivity contribution >= 4 is 0 Å². The lowest BCUT2D eigenvalue weighted by atomic mass is 10.2. The van der Waals surface area contributed by atoms with Crippen LogP contribution in [0.4, 0.5) is 0 Å². The maximum atomic E-state index is 5.56. The van der Waals surface area contributed by atoms with Crippen molar-refractivity contribution in [1.29, 1.82) is 0 Å². The third-order valence-corrected chi connectivity index (χ3v) is 3.09. The maximum Gasteiger partial charge on any atom is 0.123 e. The fraction of sp³-hybridized carbons (Fsp3) is 0.333. The Kier molecular flexibility index (Phi) is 4.42. The van der Waals surface area contributed by atoms with E-state index in [1.54, 1.807) is 7.11 Å². The largest absolute Gasteiger partial charge is 0.496 e. The van der Waals surface area contributed by atoms with Gasteiger partial charge < -0.3 is 15.0 Å². The number of hydrogen-bond acceptors (Lipinski definition) is 2. The van der Waals surface area contributed by atoms with Crippen LogP contribution >= 0.6 is 0 Å². The van der Waals surface area contributed by atoms with E-state index in [1.807, 2.05) is 18.2 Å². The van der Waals surface area contributed by atoms with Gasteiger partial charge in [-0.2, -0.15) is 0 Å². The molecule has 2 N–H and O–H groups in total. The molecule has 1 aromatic carbocycles. The molecule has 0 saturated heterocycles. The van der Waals surface area contributed by atoms with E-state index in [4.69, 9.17) is 10.5 Å². The summed E-state index contributed by atoms with van der Waals surface area (Å²) in [5.74, 6) is 0.941. The average Bonchev–Trinajstić information content (AvgIpc) is 2.84. The fourth-order valence-electron chi connectivity index (χ4n) is 2.13. The van der Waals surface area contributed by atoms with Crippen LogP contribution in [0.5, 0.6) is 5.75 Å². The minimum atomic E-state index is 0.736. The van der Waals surface area contributed by atoms with E-state index < -0.39 is 0 Å². The minimum absolute atomic E-state index is 0.736. The van der Waals surface area contributed by atoms with Gasteiger partial charge in [0, 0.05) is 17.5 Å². The van der Waals surface area contributed by atoms with Gasteiger partial charge in [0.05, 0.1) is 13.7 Å². The maximum absolute atomic E-state index is 5.56. The number of nitrogens with two attached hydrogens (primary N) is 1. The number of benzene rings is 1. The van der Waals surface area contributed by atoms with Crippen LogP contribution in [-0.2, 0) is 13.0 Å². The highest BCUT2D eigenvalue weighted by Crippen LogP contribution is 2.19. The van der Waals surface area contributed by atoms with Crippen molar-refractivity contribution in [1.82, 2.24) is 4.57 Å². The zero-order valence-corrected chi connectivity index (χ0v) is 10.8. The number of rotatable bonds is 6. The molecule has 3 heteroatoms. The van der Waals surface area contributed by atoms with Crippen molar-refractivity contribution in [2.45, 2.75) is 19.4 Å².